The van der Waals surface area contributed by atoms with E-state index in [1.54, 1.807) is 6.07 Å². The average Bonchev–Trinajstić information content (AvgIpc) is 2.18. The van der Waals surface area contributed by atoms with Crippen LogP contribution in [0.1, 0.15) is 5.56 Å². The molecular formula is C11H11ClN4. The molecule has 0 aliphatic rings. The van der Waals surface area contributed by atoms with Crippen LogP contribution in [0.3, 0.4) is 0 Å². The third-order valence-corrected chi connectivity index (χ3v) is 2.48. The largest absolute Gasteiger partial charge is 0.370 e. The molecule has 1 heterocycles. The van der Waals surface area contributed by atoms with E-state index < -0.39 is 0 Å². The molecule has 0 unspecified atom stereocenters. The quantitative estimate of drug-likeness (QED) is 0.524. The minimum Gasteiger partial charge on any atom is -0.370 e. The number of aryl methyl sites for hydroxylation is 1. The lowest BCUT2D eigenvalue weighted by atomic mass is 10.1. The van der Waals surface area contributed by atoms with Gasteiger partial charge in [-0.3, -0.25) is 5.41 Å². The Bertz CT molecular complexity index is 565. The van der Waals surface area contributed by atoms with Crippen molar-refractivity contribution in [1.82, 2.24) is 4.98 Å². The van der Waals surface area contributed by atoms with Crippen molar-refractivity contribution >= 4 is 34.3 Å². The molecular weight excluding hydrogens is 224 g/mol. The van der Waals surface area contributed by atoms with Gasteiger partial charge in [0.05, 0.1) is 5.52 Å². The van der Waals surface area contributed by atoms with Crippen LogP contribution in [0.5, 0.6) is 0 Å². The van der Waals surface area contributed by atoms with Crippen molar-refractivity contribution in [2.75, 3.05) is 5.32 Å². The Morgan fingerprint density at radius 1 is 1.44 bits per heavy atom. The van der Waals surface area contributed by atoms with Crippen molar-refractivity contribution in [2.24, 2.45) is 5.73 Å². The Morgan fingerprint density at radius 3 is 2.88 bits per heavy atom. The molecule has 0 saturated carbocycles. The summed E-state index contributed by atoms with van der Waals surface area (Å²) in [6, 6.07) is 7.33. The number of rotatable bonds is 1. The van der Waals surface area contributed by atoms with Crippen LogP contribution < -0.4 is 11.1 Å². The SMILES string of the molecule is Cc1cc(NC(=N)N)nc2ccc(Cl)cc12. The molecule has 0 bridgehead atoms. The number of guanidine groups is 1. The first-order valence-electron chi connectivity index (χ1n) is 4.74. The summed E-state index contributed by atoms with van der Waals surface area (Å²) in [4.78, 5) is 4.33. The molecule has 2 aromatic rings. The molecule has 0 spiro atoms. The standard InChI is InChI=1S/C11H11ClN4/c1-6-4-10(16-11(13)14)15-9-3-2-7(12)5-8(6)9/h2-5H,1H3,(H4,13,14,15,16). The Kier molecular flexibility index (Phi) is 2.66. The van der Waals surface area contributed by atoms with Crippen LogP contribution in [0, 0.1) is 12.3 Å². The van der Waals surface area contributed by atoms with Gasteiger partial charge >= 0.3 is 0 Å². The highest BCUT2D eigenvalue weighted by Gasteiger charge is 2.03. The average molecular weight is 235 g/mol. The number of anilines is 1. The molecule has 16 heavy (non-hydrogen) atoms. The number of nitrogens with one attached hydrogen (secondary N) is 2. The minimum absolute atomic E-state index is 0.125. The van der Waals surface area contributed by atoms with E-state index in [4.69, 9.17) is 22.7 Å². The summed E-state index contributed by atoms with van der Waals surface area (Å²) in [6.45, 7) is 1.96. The molecule has 0 radical (unpaired) electrons. The van der Waals surface area contributed by atoms with E-state index in [9.17, 15) is 0 Å². The second kappa shape index (κ2) is 3.98. The van der Waals surface area contributed by atoms with Crippen LogP contribution in [0.25, 0.3) is 10.9 Å². The third-order valence-electron chi connectivity index (χ3n) is 2.24. The number of fused-ring (bicyclic) bond motifs is 1. The number of halogens is 1. The van der Waals surface area contributed by atoms with Gasteiger partial charge in [-0.25, -0.2) is 4.98 Å². The van der Waals surface area contributed by atoms with Gasteiger partial charge in [0.1, 0.15) is 5.82 Å². The summed E-state index contributed by atoms with van der Waals surface area (Å²) in [6.07, 6.45) is 0. The third kappa shape index (κ3) is 2.06. The summed E-state index contributed by atoms with van der Waals surface area (Å²) < 4.78 is 0. The molecule has 0 atom stereocenters. The van der Waals surface area contributed by atoms with Gasteiger partial charge in [-0.15, -0.1) is 0 Å². The number of pyridine rings is 1. The van der Waals surface area contributed by atoms with Crippen LogP contribution in [-0.2, 0) is 0 Å². The second-order valence-corrected chi connectivity index (χ2v) is 3.96. The summed E-state index contributed by atoms with van der Waals surface area (Å²) in [5.74, 6) is 0.444. The molecule has 0 aliphatic carbocycles. The van der Waals surface area contributed by atoms with E-state index in [2.05, 4.69) is 10.3 Å². The van der Waals surface area contributed by atoms with Crippen molar-refractivity contribution in [3.63, 3.8) is 0 Å². The van der Waals surface area contributed by atoms with Crippen LogP contribution in [0.15, 0.2) is 24.3 Å². The zero-order valence-electron chi connectivity index (χ0n) is 8.71. The van der Waals surface area contributed by atoms with Crippen LogP contribution in [-0.4, -0.2) is 10.9 Å². The van der Waals surface area contributed by atoms with E-state index in [1.165, 1.54) is 0 Å². The van der Waals surface area contributed by atoms with Gasteiger partial charge in [-0.05, 0) is 36.8 Å². The number of nitrogens with two attached hydrogens (primary N) is 1. The highest BCUT2D eigenvalue weighted by molar-refractivity contribution is 6.31. The van der Waals surface area contributed by atoms with E-state index in [0.717, 1.165) is 16.5 Å². The summed E-state index contributed by atoms with van der Waals surface area (Å²) >= 11 is 5.92. The van der Waals surface area contributed by atoms with Crippen LogP contribution in [0.2, 0.25) is 5.02 Å². The predicted octanol–water partition coefficient (Wildman–Crippen LogP) is 2.50. The second-order valence-electron chi connectivity index (χ2n) is 3.52. The highest BCUT2D eigenvalue weighted by atomic mass is 35.5. The maximum Gasteiger partial charge on any atom is 0.191 e. The molecule has 4 N–H and O–H groups in total. The van der Waals surface area contributed by atoms with Gasteiger partial charge in [0, 0.05) is 10.4 Å². The number of nitrogens with zero attached hydrogens (tertiary/aromatic N) is 1. The lowest BCUT2D eigenvalue weighted by molar-refractivity contribution is 1.32. The molecule has 0 aliphatic heterocycles. The fraction of sp³-hybridized carbons (Fsp3) is 0.0909. The molecule has 0 saturated heterocycles. The lowest BCUT2D eigenvalue weighted by Gasteiger charge is -2.07. The van der Waals surface area contributed by atoms with Gasteiger partial charge in [0.15, 0.2) is 5.96 Å². The molecule has 0 amide bonds. The van der Waals surface area contributed by atoms with Gasteiger partial charge in [-0.1, -0.05) is 11.6 Å². The fourth-order valence-corrected chi connectivity index (χ4v) is 1.74. The summed E-state index contributed by atoms with van der Waals surface area (Å²) in [7, 11) is 0. The van der Waals surface area contributed by atoms with Gasteiger partial charge in [0.25, 0.3) is 0 Å². The van der Waals surface area contributed by atoms with Crippen molar-refractivity contribution < 1.29 is 0 Å². The Morgan fingerprint density at radius 2 is 2.19 bits per heavy atom. The minimum atomic E-state index is -0.125. The Hall–Kier alpha value is -1.81. The maximum atomic E-state index is 7.15. The van der Waals surface area contributed by atoms with E-state index in [1.807, 2.05) is 25.1 Å². The zero-order chi connectivity index (χ0) is 11.7. The fourth-order valence-electron chi connectivity index (χ4n) is 1.57. The molecule has 4 nitrogen and oxygen atoms in total. The Labute approximate surface area is 97.9 Å². The van der Waals surface area contributed by atoms with Crippen molar-refractivity contribution in [2.45, 2.75) is 6.92 Å². The molecule has 2 rings (SSSR count). The topological polar surface area (TPSA) is 74.8 Å². The lowest BCUT2D eigenvalue weighted by Crippen LogP contribution is -2.21. The molecule has 1 aromatic carbocycles. The van der Waals surface area contributed by atoms with E-state index >= 15 is 0 Å². The van der Waals surface area contributed by atoms with Crippen molar-refractivity contribution in [3.05, 3.63) is 34.9 Å². The van der Waals surface area contributed by atoms with Gasteiger partial charge in [-0.2, -0.15) is 0 Å². The van der Waals surface area contributed by atoms with Crippen LogP contribution >= 0.6 is 11.6 Å². The van der Waals surface area contributed by atoms with Gasteiger partial charge in [0.2, 0.25) is 0 Å². The monoisotopic (exact) mass is 234 g/mol. The first-order valence-corrected chi connectivity index (χ1v) is 5.12. The summed E-state index contributed by atoms with van der Waals surface area (Å²) in [5.41, 5.74) is 7.12. The number of hydrogen-bond acceptors (Lipinski definition) is 2. The first kappa shape index (κ1) is 10.7. The number of benzene rings is 1. The molecule has 5 heteroatoms. The van der Waals surface area contributed by atoms with Crippen molar-refractivity contribution in [3.8, 4) is 0 Å². The maximum absolute atomic E-state index is 7.15. The predicted molar refractivity (Wildman–Crippen MR) is 67.0 cm³/mol. The van der Waals surface area contributed by atoms with Gasteiger partial charge < -0.3 is 11.1 Å². The number of aromatic nitrogens is 1. The van der Waals surface area contributed by atoms with Crippen LogP contribution in [0.4, 0.5) is 5.82 Å². The highest BCUT2D eigenvalue weighted by Crippen LogP contribution is 2.23. The van der Waals surface area contributed by atoms with Crippen molar-refractivity contribution in [1.29, 1.82) is 5.41 Å². The Balaban J connectivity index is 2.59. The molecule has 82 valence electrons. The van der Waals surface area contributed by atoms with E-state index in [0.29, 0.717) is 10.8 Å². The summed E-state index contributed by atoms with van der Waals surface area (Å²) in [5, 5.41) is 11.5. The first-order chi connectivity index (χ1) is 7.56. The van der Waals surface area contributed by atoms with E-state index in [-0.39, 0.29) is 5.96 Å². The molecule has 1 aromatic heterocycles. The normalized spacial score (nSPS) is 10.4. The molecule has 0 fully saturated rings. The number of hydrogen-bond donors (Lipinski definition) is 3. The zero-order valence-corrected chi connectivity index (χ0v) is 9.47. The smallest absolute Gasteiger partial charge is 0.191 e.